The number of thiocarbonyl (C=S) groups is 1. The minimum Gasteiger partial charge on any atom is -0.300 e. The van der Waals surface area contributed by atoms with E-state index in [1.165, 1.54) is 24.8 Å². The van der Waals surface area contributed by atoms with Gasteiger partial charge in [-0.15, -0.1) is 11.8 Å². The molecule has 0 saturated heterocycles. The van der Waals surface area contributed by atoms with E-state index in [0.717, 1.165) is 43.5 Å². The Morgan fingerprint density at radius 2 is 1.85 bits per heavy atom. The number of nitrogens with zero attached hydrogens (tertiary/aromatic N) is 2. The number of benzene rings is 1. The molecule has 0 aliphatic heterocycles. The van der Waals surface area contributed by atoms with Gasteiger partial charge in [0.05, 0.1) is 11.3 Å². The van der Waals surface area contributed by atoms with Gasteiger partial charge in [0.2, 0.25) is 0 Å². The standard InChI is InChI=1S/C23H30N2S/c1-2-3-4-5-6-7-8-12-15-22(23(26)25-19-18-24-20-25)17-16-21-13-10-9-11-14-21/h9-11,13-14,18-20,22H,2-5,8,12,15-17H2,1H3. The summed E-state index contributed by atoms with van der Waals surface area (Å²) < 4.78 is 1.99. The normalized spacial score (nSPS) is 11.6. The van der Waals surface area contributed by atoms with E-state index >= 15 is 0 Å². The van der Waals surface area contributed by atoms with Crippen LogP contribution in [0.25, 0.3) is 0 Å². The molecule has 1 unspecified atom stereocenters. The third-order valence-electron chi connectivity index (χ3n) is 4.62. The van der Waals surface area contributed by atoms with Crippen molar-refractivity contribution in [2.24, 2.45) is 5.92 Å². The highest BCUT2D eigenvalue weighted by Crippen LogP contribution is 2.19. The fourth-order valence-corrected chi connectivity index (χ4v) is 3.40. The molecule has 2 nitrogen and oxygen atoms in total. The van der Waals surface area contributed by atoms with Crippen LogP contribution in [0.4, 0.5) is 0 Å². The Kier molecular flexibility index (Phi) is 9.75. The first-order chi connectivity index (χ1) is 12.8. The largest absolute Gasteiger partial charge is 0.300 e. The van der Waals surface area contributed by atoms with Crippen molar-refractivity contribution in [1.82, 2.24) is 9.55 Å². The lowest BCUT2D eigenvalue weighted by Crippen LogP contribution is -2.20. The number of unbranched alkanes of at least 4 members (excludes halogenated alkanes) is 4. The Bertz CT molecular complexity index is 680. The second-order valence-corrected chi connectivity index (χ2v) is 7.15. The number of imidazole rings is 1. The van der Waals surface area contributed by atoms with E-state index in [2.05, 4.69) is 54.1 Å². The molecule has 3 heteroatoms. The molecular formula is C23H30N2S. The Labute approximate surface area is 164 Å². The van der Waals surface area contributed by atoms with Gasteiger partial charge in [0.15, 0.2) is 0 Å². The van der Waals surface area contributed by atoms with Gasteiger partial charge in [-0.3, -0.25) is 0 Å². The van der Waals surface area contributed by atoms with Gasteiger partial charge in [0, 0.05) is 31.2 Å². The van der Waals surface area contributed by atoms with E-state index in [1.807, 2.05) is 17.1 Å². The van der Waals surface area contributed by atoms with Gasteiger partial charge in [-0.25, -0.2) is 4.98 Å². The highest BCUT2D eigenvalue weighted by molar-refractivity contribution is 7.80. The van der Waals surface area contributed by atoms with Gasteiger partial charge >= 0.3 is 0 Å². The Balaban J connectivity index is 1.83. The zero-order valence-corrected chi connectivity index (χ0v) is 16.7. The highest BCUT2D eigenvalue weighted by atomic mass is 32.1. The van der Waals surface area contributed by atoms with Crippen LogP contribution in [-0.4, -0.2) is 14.5 Å². The van der Waals surface area contributed by atoms with E-state index in [9.17, 15) is 0 Å². The Hall–Kier alpha value is -1.92. The summed E-state index contributed by atoms with van der Waals surface area (Å²) in [6.45, 7) is 2.23. The zero-order chi connectivity index (χ0) is 18.5. The topological polar surface area (TPSA) is 17.8 Å². The maximum absolute atomic E-state index is 5.75. The minimum atomic E-state index is 0.390. The summed E-state index contributed by atoms with van der Waals surface area (Å²) in [5.74, 6) is 7.04. The van der Waals surface area contributed by atoms with Crippen LogP contribution in [-0.2, 0) is 6.42 Å². The van der Waals surface area contributed by atoms with Crippen LogP contribution in [0, 0.1) is 17.8 Å². The third kappa shape index (κ3) is 7.54. The van der Waals surface area contributed by atoms with Crippen molar-refractivity contribution in [3.63, 3.8) is 0 Å². The lowest BCUT2D eigenvalue weighted by atomic mass is 9.94. The fraction of sp³-hybridized carbons (Fsp3) is 0.478. The molecule has 0 aliphatic carbocycles. The fourth-order valence-electron chi connectivity index (χ4n) is 3.05. The molecule has 0 fully saturated rings. The predicted octanol–water partition coefficient (Wildman–Crippen LogP) is 6.06. The van der Waals surface area contributed by atoms with E-state index in [4.69, 9.17) is 12.2 Å². The quantitative estimate of drug-likeness (QED) is 0.289. The van der Waals surface area contributed by atoms with Crippen molar-refractivity contribution in [2.75, 3.05) is 0 Å². The Morgan fingerprint density at radius 3 is 2.54 bits per heavy atom. The lowest BCUT2D eigenvalue weighted by Gasteiger charge is -2.18. The van der Waals surface area contributed by atoms with Crippen molar-refractivity contribution in [3.05, 3.63) is 54.6 Å². The number of rotatable bonds is 10. The molecule has 0 radical (unpaired) electrons. The van der Waals surface area contributed by atoms with Gasteiger partial charge in [-0.2, -0.15) is 0 Å². The molecule has 0 bridgehead atoms. The summed E-state index contributed by atoms with van der Waals surface area (Å²) in [5.41, 5.74) is 1.38. The molecule has 0 N–H and O–H groups in total. The average molecular weight is 367 g/mol. The monoisotopic (exact) mass is 366 g/mol. The number of aromatic nitrogens is 2. The lowest BCUT2D eigenvalue weighted by molar-refractivity contribution is 0.551. The molecule has 2 rings (SSSR count). The maximum atomic E-state index is 5.75. The first-order valence-corrected chi connectivity index (χ1v) is 10.2. The van der Waals surface area contributed by atoms with Crippen molar-refractivity contribution < 1.29 is 0 Å². The van der Waals surface area contributed by atoms with Crippen LogP contribution in [0.1, 0.15) is 63.9 Å². The van der Waals surface area contributed by atoms with Crippen LogP contribution in [0.2, 0.25) is 0 Å². The summed E-state index contributed by atoms with van der Waals surface area (Å²) >= 11 is 5.75. The van der Waals surface area contributed by atoms with Crippen LogP contribution in [0.5, 0.6) is 0 Å². The third-order valence-corrected chi connectivity index (χ3v) is 5.16. The van der Waals surface area contributed by atoms with Crippen molar-refractivity contribution in [3.8, 4) is 11.8 Å². The molecule has 1 aromatic carbocycles. The highest BCUT2D eigenvalue weighted by Gasteiger charge is 2.15. The summed E-state index contributed by atoms with van der Waals surface area (Å²) in [7, 11) is 0. The Morgan fingerprint density at radius 1 is 1.08 bits per heavy atom. The van der Waals surface area contributed by atoms with Crippen LogP contribution >= 0.6 is 12.2 Å². The molecule has 1 atom stereocenters. The first-order valence-electron chi connectivity index (χ1n) is 9.83. The molecule has 0 aliphatic rings. The summed E-state index contributed by atoms with van der Waals surface area (Å²) in [5, 5.41) is 0. The first kappa shape index (κ1) is 20.4. The molecule has 1 aromatic heterocycles. The number of aryl methyl sites for hydroxylation is 1. The average Bonchev–Trinajstić information content (AvgIpc) is 3.21. The second-order valence-electron chi connectivity index (χ2n) is 6.73. The molecule has 1 heterocycles. The molecule has 0 amide bonds. The van der Waals surface area contributed by atoms with Gasteiger partial charge < -0.3 is 4.57 Å². The van der Waals surface area contributed by atoms with E-state index in [1.54, 1.807) is 6.20 Å². The molecule has 138 valence electrons. The van der Waals surface area contributed by atoms with Crippen LogP contribution < -0.4 is 0 Å². The summed E-state index contributed by atoms with van der Waals surface area (Å²) in [4.78, 5) is 5.12. The molecule has 0 spiro atoms. The van der Waals surface area contributed by atoms with E-state index < -0.39 is 0 Å². The summed E-state index contributed by atoms with van der Waals surface area (Å²) in [6.07, 6.45) is 15.7. The van der Waals surface area contributed by atoms with E-state index in [0.29, 0.717) is 5.92 Å². The molecular weight excluding hydrogens is 336 g/mol. The van der Waals surface area contributed by atoms with Gasteiger partial charge in [0.25, 0.3) is 0 Å². The van der Waals surface area contributed by atoms with Gasteiger partial charge in [-0.05, 0) is 37.7 Å². The predicted molar refractivity (Wildman–Crippen MR) is 114 cm³/mol. The molecule has 2 aromatic rings. The summed E-state index contributed by atoms with van der Waals surface area (Å²) in [6, 6.07) is 10.7. The minimum absolute atomic E-state index is 0.390. The molecule has 0 saturated carbocycles. The molecule has 26 heavy (non-hydrogen) atoms. The van der Waals surface area contributed by atoms with Crippen molar-refractivity contribution in [1.29, 1.82) is 0 Å². The van der Waals surface area contributed by atoms with Crippen LogP contribution in [0.3, 0.4) is 0 Å². The van der Waals surface area contributed by atoms with Gasteiger partial charge in [-0.1, -0.05) is 62.3 Å². The van der Waals surface area contributed by atoms with Crippen molar-refractivity contribution >= 4 is 17.2 Å². The second kappa shape index (κ2) is 12.4. The van der Waals surface area contributed by atoms with Crippen LogP contribution in [0.15, 0.2) is 49.1 Å². The number of hydrogen-bond donors (Lipinski definition) is 0. The number of hydrogen-bond acceptors (Lipinski definition) is 2. The van der Waals surface area contributed by atoms with Gasteiger partial charge in [0.1, 0.15) is 0 Å². The smallest absolute Gasteiger partial charge is 0.0995 e. The SMILES string of the molecule is CCCCCC#CCCCC(CCc1ccccc1)C(=S)n1ccnc1. The maximum Gasteiger partial charge on any atom is 0.0995 e. The zero-order valence-electron chi connectivity index (χ0n) is 15.9. The van der Waals surface area contributed by atoms with Crippen molar-refractivity contribution in [2.45, 2.75) is 64.7 Å². The van der Waals surface area contributed by atoms with E-state index in [-0.39, 0.29) is 0 Å².